The largest absolute Gasteiger partial charge is 1.00 e. The molecule has 9 nitrogen and oxygen atoms in total. The number of nitrogens with one attached hydrogen (secondary N) is 1. The van der Waals surface area contributed by atoms with Crippen LogP contribution in [0.3, 0.4) is 0 Å². The molecule has 0 aromatic heterocycles. The van der Waals surface area contributed by atoms with E-state index in [-0.39, 0.29) is 49.9 Å². The minimum atomic E-state index is -1.47. The molecule has 0 heterocycles. The third-order valence-corrected chi connectivity index (χ3v) is 7.96. The minimum Gasteiger partial charge on any atom is -1.00 e. The van der Waals surface area contributed by atoms with Crippen molar-refractivity contribution in [3.8, 4) is 0 Å². The van der Waals surface area contributed by atoms with Crippen LogP contribution in [0.2, 0.25) is 0 Å². The lowest BCUT2D eigenvalue weighted by molar-refractivity contribution is -0.368. The van der Waals surface area contributed by atoms with Crippen molar-refractivity contribution in [3.63, 3.8) is 0 Å². The number of carbonyl (C=O) groups excluding carboxylic acids is 4. The van der Waals surface area contributed by atoms with Crippen molar-refractivity contribution in [2.45, 2.75) is 180 Å². The summed E-state index contributed by atoms with van der Waals surface area (Å²) in [7, 11) is 0. The Balaban J connectivity index is -0.00000924. The number of quaternary nitrogens is 2. The molecule has 0 aromatic rings. The number of ether oxygens (including phenoxy) is 2. The quantitative estimate of drug-likeness (QED) is 0.0630. The maximum absolute atomic E-state index is 13.2. The highest BCUT2D eigenvalue weighted by atomic mass is 35.5. The first-order chi connectivity index (χ1) is 21.4. The van der Waals surface area contributed by atoms with Gasteiger partial charge in [-0.2, -0.15) is 0 Å². The first kappa shape index (κ1) is 49.0. The molecule has 46 heavy (non-hydrogen) atoms. The predicted molar refractivity (Wildman–Crippen MR) is 175 cm³/mol. The van der Waals surface area contributed by atoms with E-state index < -0.39 is 30.1 Å². The lowest BCUT2D eigenvalue weighted by Gasteiger charge is -2.25. The zero-order valence-corrected chi connectivity index (χ0v) is 30.9. The number of amides is 1. The molecule has 0 spiro atoms. The maximum atomic E-state index is 13.2. The Hall–Kier alpha value is -1.42. The number of ketones is 1. The van der Waals surface area contributed by atoms with Crippen LogP contribution in [0.15, 0.2) is 0 Å². The Morgan fingerprint density at radius 1 is 0.500 bits per heavy atom. The average Bonchev–Trinajstić information content (AvgIpc) is 3.02. The summed E-state index contributed by atoms with van der Waals surface area (Å²) in [5, 5.41) is 2.73. The molecule has 0 saturated carbocycles. The van der Waals surface area contributed by atoms with E-state index in [1.54, 1.807) is 0 Å². The van der Waals surface area contributed by atoms with Crippen LogP contribution in [0.25, 0.3) is 0 Å². The Labute approximate surface area is 293 Å². The minimum absolute atomic E-state index is 0. The molecule has 0 aromatic carbocycles. The monoisotopic (exact) mass is 697 g/mol. The lowest BCUT2D eigenvalue weighted by Crippen LogP contribution is -3.00. The molecule has 0 unspecified atom stereocenters. The number of halogens is 2. The number of carbonyl (C=O) groups is 4. The molecule has 11 heteroatoms. The summed E-state index contributed by atoms with van der Waals surface area (Å²) in [6.45, 7) is 6.27. The normalized spacial score (nSPS) is 11.9. The SMILES string of the molecule is CCCCC(=O)[C@H](OC(=O)CCCCCCCCCCC[NH3+])[C@@H](OC(=O)CCCCCCCCCCC[NH3+])C(=O)NCCC.[Cl-].[Cl-]. The number of esters is 2. The molecule has 2 atom stereocenters. The van der Waals surface area contributed by atoms with Gasteiger partial charge in [0.25, 0.3) is 5.91 Å². The molecular weight excluding hydrogens is 629 g/mol. The second-order valence-electron chi connectivity index (χ2n) is 12.3. The summed E-state index contributed by atoms with van der Waals surface area (Å²) in [5.74, 6) is -2.02. The van der Waals surface area contributed by atoms with Gasteiger partial charge in [-0.05, 0) is 51.4 Å². The predicted octanol–water partition coefficient (Wildman–Crippen LogP) is -0.611. The van der Waals surface area contributed by atoms with Gasteiger partial charge in [0.1, 0.15) is 0 Å². The fraction of sp³-hybridized carbons (Fsp3) is 0.886. The Bertz CT molecular complexity index is 685. The number of unbranched alkanes of at least 4 members (excludes halogenated alkanes) is 17. The van der Waals surface area contributed by atoms with Crippen LogP contribution in [-0.4, -0.2) is 55.5 Å². The van der Waals surface area contributed by atoms with E-state index in [0.717, 1.165) is 58.0 Å². The first-order valence-corrected chi connectivity index (χ1v) is 18.2. The zero-order chi connectivity index (χ0) is 32.7. The Kier molecular flexibility index (Phi) is 38.8. The number of hydrogen-bond acceptors (Lipinski definition) is 6. The molecule has 274 valence electrons. The Morgan fingerprint density at radius 3 is 1.24 bits per heavy atom. The number of rotatable bonds is 32. The molecule has 0 radical (unpaired) electrons. The summed E-state index contributed by atoms with van der Waals surface area (Å²) in [5.41, 5.74) is 7.76. The van der Waals surface area contributed by atoms with Crippen LogP contribution >= 0.6 is 0 Å². The molecule has 0 bridgehead atoms. The molecule has 0 fully saturated rings. The summed E-state index contributed by atoms with van der Waals surface area (Å²) in [6, 6.07) is 0. The fourth-order valence-corrected chi connectivity index (χ4v) is 5.16. The van der Waals surface area contributed by atoms with E-state index in [1.807, 2.05) is 13.8 Å². The van der Waals surface area contributed by atoms with Gasteiger partial charge in [-0.1, -0.05) is 97.3 Å². The van der Waals surface area contributed by atoms with Crippen LogP contribution in [0.4, 0.5) is 0 Å². The van der Waals surface area contributed by atoms with Crippen molar-refractivity contribution in [1.82, 2.24) is 5.32 Å². The van der Waals surface area contributed by atoms with E-state index in [4.69, 9.17) is 9.47 Å². The molecule has 0 rings (SSSR count). The van der Waals surface area contributed by atoms with E-state index in [1.165, 1.54) is 64.2 Å². The van der Waals surface area contributed by atoms with Crippen LogP contribution in [-0.2, 0) is 28.7 Å². The van der Waals surface area contributed by atoms with Gasteiger partial charge in [0, 0.05) is 25.8 Å². The van der Waals surface area contributed by atoms with Crippen LogP contribution < -0.4 is 41.6 Å². The summed E-state index contributed by atoms with van der Waals surface area (Å²) in [6.07, 6.45) is 19.5. The van der Waals surface area contributed by atoms with Crippen LogP contribution in [0.5, 0.6) is 0 Å². The van der Waals surface area contributed by atoms with E-state index in [9.17, 15) is 19.2 Å². The molecule has 0 aliphatic heterocycles. The highest BCUT2D eigenvalue weighted by Crippen LogP contribution is 2.17. The van der Waals surface area contributed by atoms with Crippen molar-refractivity contribution >= 4 is 23.6 Å². The van der Waals surface area contributed by atoms with E-state index in [2.05, 4.69) is 16.8 Å². The second-order valence-corrected chi connectivity index (χ2v) is 12.3. The van der Waals surface area contributed by atoms with Gasteiger partial charge >= 0.3 is 11.9 Å². The van der Waals surface area contributed by atoms with Crippen molar-refractivity contribution < 1.29 is 64.9 Å². The summed E-state index contributed by atoms with van der Waals surface area (Å²) >= 11 is 0. The lowest BCUT2D eigenvalue weighted by atomic mass is 10.0. The van der Waals surface area contributed by atoms with Gasteiger partial charge in [-0.25, -0.2) is 0 Å². The molecule has 0 aliphatic carbocycles. The number of hydrogen-bond donors (Lipinski definition) is 3. The molecule has 1 amide bonds. The van der Waals surface area contributed by atoms with Crippen molar-refractivity contribution in [1.29, 1.82) is 0 Å². The van der Waals surface area contributed by atoms with Gasteiger partial charge in [-0.15, -0.1) is 0 Å². The average molecular weight is 699 g/mol. The Morgan fingerprint density at radius 2 is 0.870 bits per heavy atom. The van der Waals surface area contributed by atoms with Crippen molar-refractivity contribution in [3.05, 3.63) is 0 Å². The third-order valence-electron chi connectivity index (χ3n) is 7.96. The topological polar surface area (TPSA) is 154 Å². The summed E-state index contributed by atoms with van der Waals surface area (Å²) in [4.78, 5) is 51.9. The van der Waals surface area contributed by atoms with Crippen LogP contribution in [0.1, 0.15) is 168 Å². The summed E-state index contributed by atoms with van der Waals surface area (Å²) < 4.78 is 11.2. The van der Waals surface area contributed by atoms with Gasteiger partial charge in [0.15, 0.2) is 5.78 Å². The third kappa shape index (κ3) is 28.8. The van der Waals surface area contributed by atoms with E-state index >= 15 is 0 Å². The maximum Gasteiger partial charge on any atom is 0.306 e. The van der Waals surface area contributed by atoms with Gasteiger partial charge < -0.3 is 51.1 Å². The first-order valence-electron chi connectivity index (χ1n) is 18.2. The highest BCUT2D eigenvalue weighted by molar-refractivity contribution is 5.94. The number of Topliss-reactive ketones (excluding diaryl/α,β-unsaturated/α-hetero) is 1. The van der Waals surface area contributed by atoms with Crippen molar-refractivity contribution in [2.75, 3.05) is 19.6 Å². The second kappa shape index (κ2) is 36.4. The standard InChI is InChI=1S/C35H67N3O6.2ClH/c1-3-5-24-30(39)33(43-31(40)25-20-16-12-8-6-10-14-18-22-27-36)34(35(42)38-29-4-2)44-32(41)26-21-17-13-9-7-11-15-19-23-28-37;;/h33-34H,3-29,36-37H2,1-2H3,(H,38,42);2*1H/t33-,34+;;/m0../s1. The smallest absolute Gasteiger partial charge is 0.306 e. The van der Waals surface area contributed by atoms with Crippen LogP contribution in [0, 0.1) is 0 Å². The fourth-order valence-electron chi connectivity index (χ4n) is 5.16. The molecular formula is C35H69Cl2N3O6. The zero-order valence-electron chi connectivity index (χ0n) is 29.4. The highest BCUT2D eigenvalue weighted by Gasteiger charge is 2.39. The van der Waals surface area contributed by atoms with Gasteiger partial charge in [-0.3, -0.25) is 19.2 Å². The molecule has 7 N–H and O–H groups in total. The molecule has 0 saturated heterocycles. The van der Waals surface area contributed by atoms with Gasteiger partial charge in [0.2, 0.25) is 12.2 Å². The van der Waals surface area contributed by atoms with Crippen molar-refractivity contribution in [2.24, 2.45) is 0 Å². The van der Waals surface area contributed by atoms with Gasteiger partial charge in [0.05, 0.1) is 13.1 Å². The molecule has 0 aliphatic rings. The van der Waals surface area contributed by atoms with E-state index in [0.29, 0.717) is 32.2 Å².